The zero-order valence-corrected chi connectivity index (χ0v) is 37.2. The molecular formula is C54H70. The van der Waals surface area contributed by atoms with Crippen LogP contribution in [-0.4, -0.2) is 0 Å². The third-order valence-electron chi connectivity index (χ3n) is 12.2. The van der Waals surface area contributed by atoms with Gasteiger partial charge in [-0.25, -0.2) is 0 Å². The van der Waals surface area contributed by atoms with Crippen molar-refractivity contribution in [2.24, 2.45) is 16.7 Å². The van der Waals surface area contributed by atoms with E-state index in [0.29, 0.717) is 0 Å². The lowest BCUT2D eigenvalue weighted by molar-refractivity contribution is 0.490. The molecule has 0 N–H and O–H groups in total. The normalized spacial score (nSPS) is 19.0. The van der Waals surface area contributed by atoms with E-state index in [4.69, 9.17) is 0 Å². The van der Waals surface area contributed by atoms with Crippen LogP contribution < -0.4 is 0 Å². The molecule has 54 heavy (non-hydrogen) atoms. The maximum absolute atomic E-state index is 2.64. The predicted molar refractivity (Wildman–Crippen MR) is 240 cm³/mol. The van der Waals surface area contributed by atoms with Crippen LogP contribution in [0.15, 0.2) is 102 Å². The SMILES string of the molecule is CC(C)(C)C1=CC2C(=CC(C(C)(C)C)=CC2c2cc(C(C)(C)C)cc3cc(C(C)(C)C)ccc23)C(c2cc(C(C)(C)C)cc3cc(C(C)(C)C)ccc23)=C1. The molecule has 286 valence electrons. The van der Waals surface area contributed by atoms with Crippen LogP contribution in [-0.2, 0) is 21.7 Å². The largest absolute Gasteiger partial charge is 0.0723 e. The van der Waals surface area contributed by atoms with Crippen molar-refractivity contribution in [3.8, 4) is 0 Å². The van der Waals surface area contributed by atoms with Crippen LogP contribution in [0.1, 0.15) is 164 Å². The molecule has 0 heteroatoms. The van der Waals surface area contributed by atoms with Gasteiger partial charge in [-0.05, 0) is 116 Å². The molecule has 4 aromatic rings. The third-order valence-corrected chi connectivity index (χ3v) is 12.2. The Hall–Kier alpha value is -3.64. The fourth-order valence-electron chi connectivity index (χ4n) is 8.25. The third kappa shape index (κ3) is 7.74. The van der Waals surface area contributed by atoms with E-state index in [1.165, 1.54) is 77.2 Å². The lowest BCUT2D eigenvalue weighted by Crippen LogP contribution is -2.26. The van der Waals surface area contributed by atoms with Gasteiger partial charge in [0, 0.05) is 11.8 Å². The van der Waals surface area contributed by atoms with Gasteiger partial charge in [0.15, 0.2) is 0 Å². The van der Waals surface area contributed by atoms with Gasteiger partial charge in [-0.1, -0.05) is 204 Å². The van der Waals surface area contributed by atoms with Crippen molar-refractivity contribution >= 4 is 27.1 Å². The van der Waals surface area contributed by atoms with Crippen molar-refractivity contribution in [3.05, 3.63) is 135 Å². The summed E-state index contributed by atoms with van der Waals surface area (Å²) < 4.78 is 0. The van der Waals surface area contributed by atoms with Crippen LogP contribution in [0.5, 0.6) is 0 Å². The van der Waals surface area contributed by atoms with Crippen LogP contribution in [0.3, 0.4) is 0 Å². The number of benzene rings is 4. The van der Waals surface area contributed by atoms with E-state index >= 15 is 0 Å². The summed E-state index contributed by atoms with van der Waals surface area (Å²) in [7, 11) is 0. The molecule has 2 atom stereocenters. The van der Waals surface area contributed by atoms with Crippen LogP contribution in [0.2, 0.25) is 0 Å². The minimum atomic E-state index is -0.0108. The molecule has 0 fully saturated rings. The number of hydrogen-bond acceptors (Lipinski definition) is 0. The molecule has 0 spiro atoms. The Kier molecular flexibility index (Phi) is 9.61. The Bertz CT molecular complexity index is 2220. The Balaban J connectivity index is 1.70. The summed E-state index contributed by atoms with van der Waals surface area (Å²) in [6.07, 6.45) is 10.4. The minimum absolute atomic E-state index is 0.0101. The topological polar surface area (TPSA) is 0 Å². The number of hydrogen-bond donors (Lipinski definition) is 0. The molecule has 6 rings (SSSR count). The lowest BCUT2D eigenvalue weighted by Gasteiger charge is -2.40. The first-order valence-corrected chi connectivity index (χ1v) is 20.6. The molecule has 0 nitrogen and oxygen atoms in total. The van der Waals surface area contributed by atoms with E-state index in [2.05, 4.69) is 210 Å². The lowest BCUT2D eigenvalue weighted by atomic mass is 9.64. The Morgan fingerprint density at radius 2 is 0.778 bits per heavy atom. The molecule has 0 radical (unpaired) electrons. The fourth-order valence-corrected chi connectivity index (χ4v) is 8.25. The molecule has 0 aromatic heterocycles. The van der Waals surface area contributed by atoms with Crippen LogP contribution in [0, 0.1) is 16.7 Å². The van der Waals surface area contributed by atoms with E-state index in [1.807, 2.05) is 0 Å². The molecule has 0 bridgehead atoms. The smallest absolute Gasteiger partial charge is 0.0134 e. The van der Waals surface area contributed by atoms with Crippen molar-refractivity contribution in [3.63, 3.8) is 0 Å². The van der Waals surface area contributed by atoms with Crippen molar-refractivity contribution in [1.82, 2.24) is 0 Å². The summed E-state index contributed by atoms with van der Waals surface area (Å²) in [4.78, 5) is 0. The summed E-state index contributed by atoms with van der Waals surface area (Å²) in [6, 6.07) is 24.6. The first-order valence-electron chi connectivity index (χ1n) is 20.6. The highest BCUT2D eigenvalue weighted by molar-refractivity contribution is 6.01. The molecule has 0 aliphatic heterocycles. The van der Waals surface area contributed by atoms with Crippen LogP contribution >= 0.6 is 0 Å². The van der Waals surface area contributed by atoms with Crippen molar-refractivity contribution in [1.29, 1.82) is 0 Å². The Labute approximate surface area is 329 Å². The zero-order chi connectivity index (χ0) is 40.1. The van der Waals surface area contributed by atoms with Gasteiger partial charge in [0.2, 0.25) is 0 Å². The van der Waals surface area contributed by atoms with Crippen molar-refractivity contribution in [2.75, 3.05) is 0 Å². The molecule has 2 aliphatic rings. The van der Waals surface area contributed by atoms with E-state index < -0.39 is 0 Å². The maximum atomic E-state index is 2.64. The van der Waals surface area contributed by atoms with E-state index in [1.54, 1.807) is 0 Å². The van der Waals surface area contributed by atoms with E-state index in [-0.39, 0.29) is 44.3 Å². The highest BCUT2D eigenvalue weighted by Gasteiger charge is 2.38. The Morgan fingerprint density at radius 3 is 1.26 bits per heavy atom. The van der Waals surface area contributed by atoms with Gasteiger partial charge in [-0.2, -0.15) is 0 Å². The van der Waals surface area contributed by atoms with Gasteiger partial charge >= 0.3 is 0 Å². The van der Waals surface area contributed by atoms with Crippen molar-refractivity contribution < 1.29 is 0 Å². The molecular weight excluding hydrogens is 649 g/mol. The van der Waals surface area contributed by atoms with E-state index in [9.17, 15) is 0 Å². The van der Waals surface area contributed by atoms with Gasteiger partial charge in [0.05, 0.1) is 0 Å². The van der Waals surface area contributed by atoms with E-state index in [0.717, 1.165) is 0 Å². The van der Waals surface area contributed by atoms with Gasteiger partial charge in [-0.3, -0.25) is 0 Å². The number of rotatable bonds is 2. The summed E-state index contributed by atoms with van der Waals surface area (Å²) in [5.74, 6) is 0.392. The molecule has 0 amide bonds. The average Bonchev–Trinajstić information content (AvgIpc) is 3.03. The fraction of sp³-hybridized carbons (Fsp3) is 0.481. The first kappa shape index (κ1) is 40.0. The van der Waals surface area contributed by atoms with Crippen LogP contribution in [0.25, 0.3) is 27.1 Å². The molecule has 0 saturated carbocycles. The Morgan fingerprint density at radius 1 is 0.370 bits per heavy atom. The summed E-state index contributed by atoms with van der Waals surface area (Å²) >= 11 is 0. The second-order valence-electron chi connectivity index (χ2n) is 22.9. The quantitative estimate of drug-likeness (QED) is 0.194. The molecule has 2 aliphatic carbocycles. The van der Waals surface area contributed by atoms with Gasteiger partial charge in [0.25, 0.3) is 0 Å². The molecule has 2 unspecified atom stereocenters. The van der Waals surface area contributed by atoms with Crippen molar-refractivity contribution in [2.45, 2.75) is 152 Å². The molecule has 0 saturated heterocycles. The summed E-state index contributed by atoms with van der Waals surface area (Å²) in [6.45, 7) is 42.5. The van der Waals surface area contributed by atoms with Gasteiger partial charge in [0.1, 0.15) is 0 Å². The zero-order valence-electron chi connectivity index (χ0n) is 37.2. The number of fused-ring (bicyclic) bond motifs is 3. The van der Waals surface area contributed by atoms with Crippen LogP contribution in [0.4, 0.5) is 0 Å². The second-order valence-corrected chi connectivity index (χ2v) is 22.9. The minimum Gasteiger partial charge on any atom is -0.0723 e. The van der Waals surface area contributed by atoms with Gasteiger partial charge in [-0.15, -0.1) is 0 Å². The van der Waals surface area contributed by atoms with Gasteiger partial charge < -0.3 is 0 Å². The monoisotopic (exact) mass is 719 g/mol. The summed E-state index contributed by atoms with van der Waals surface area (Å²) in [5, 5.41) is 5.42. The average molecular weight is 719 g/mol. The highest BCUT2D eigenvalue weighted by atomic mass is 14.4. The maximum Gasteiger partial charge on any atom is 0.0134 e. The number of allylic oxidation sites excluding steroid dienone is 8. The molecule has 4 aromatic carbocycles. The standard InChI is InChI=1S/C54H70/c1-49(2,3)35-19-21-41-33(23-35)25-37(51(7,8)9)27-43(41)45-29-39(53(13,14)15)32-48-46(30-40(31-47(45)48)54(16,17)18)44-28-38(52(10,11)12)26-34-24-36(50(4,5)6)20-22-42(34)44/h19-32,45,47H,1-18H3. The highest BCUT2D eigenvalue weighted by Crippen LogP contribution is 2.53. The molecule has 0 heterocycles. The second kappa shape index (κ2) is 13.0. The first-order chi connectivity index (χ1) is 24.5. The summed E-state index contributed by atoms with van der Waals surface area (Å²) in [5.41, 5.74) is 14.2. The predicted octanol–water partition coefficient (Wildman–Crippen LogP) is 15.9.